The van der Waals surface area contributed by atoms with Gasteiger partial charge in [-0.15, -0.1) is 18.2 Å². The number of hydrogen-bond acceptors (Lipinski definition) is 3. The smallest absolute Gasteiger partial charge is 0.321 e. The largest absolute Gasteiger partial charge is 0.480 e. The summed E-state index contributed by atoms with van der Waals surface area (Å²) < 4.78 is 0. The second-order valence-corrected chi connectivity index (χ2v) is 4.68. The van der Waals surface area contributed by atoms with Crippen molar-refractivity contribution in [3.05, 3.63) is 35.4 Å². The zero-order chi connectivity index (χ0) is 11.5. The first kappa shape index (κ1) is 11.1. The summed E-state index contributed by atoms with van der Waals surface area (Å²) in [6, 6.07) is 7.15. The molecule has 1 saturated heterocycles. The topological polar surface area (TPSA) is 49.3 Å². The molecule has 0 radical (unpaired) electrons. The van der Waals surface area contributed by atoms with Crippen molar-refractivity contribution >= 4 is 17.7 Å². The van der Waals surface area contributed by atoms with E-state index >= 15 is 0 Å². The van der Waals surface area contributed by atoms with Gasteiger partial charge in [-0.05, 0) is 17.7 Å². The van der Waals surface area contributed by atoms with E-state index in [1.807, 2.05) is 24.3 Å². The summed E-state index contributed by atoms with van der Waals surface area (Å²) in [6.45, 7) is 0. The zero-order valence-corrected chi connectivity index (χ0v) is 9.33. The lowest BCUT2D eigenvalue weighted by Gasteiger charge is -2.11. The summed E-state index contributed by atoms with van der Waals surface area (Å²) in [6.07, 6.45) is 5.27. The molecule has 1 aliphatic heterocycles. The first-order valence-corrected chi connectivity index (χ1v) is 5.92. The van der Waals surface area contributed by atoms with Gasteiger partial charge in [0, 0.05) is 11.3 Å². The summed E-state index contributed by atoms with van der Waals surface area (Å²) in [7, 11) is 0. The van der Waals surface area contributed by atoms with Crippen LogP contribution in [-0.4, -0.2) is 22.9 Å². The van der Waals surface area contributed by atoms with Gasteiger partial charge < -0.3 is 5.11 Å². The van der Waals surface area contributed by atoms with Crippen LogP contribution in [0.1, 0.15) is 16.5 Å². The molecule has 0 bridgehead atoms. The number of carboxylic acids is 1. The maximum absolute atomic E-state index is 10.8. The van der Waals surface area contributed by atoms with Crippen molar-refractivity contribution < 1.29 is 9.90 Å². The Morgan fingerprint density at radius 2 is 2.19 bits per heavy atom. The van der Waals surface area contributed by atoms with Gasteiger partial charge in [-0.2, -0.15) is 0 Å². The average molecular weight is 233 g/mol. The van der Waals surface area contributed by atoms with Gasteiger partial charge in [0.1, 0.15) is 6.04 Å². The lowest BCUT2D eigenvalue weighted by atomic mass is 10.1. The first-order chi connectivity index (χ1) is 7.70. The normalized spacial score (nSPS) is 23.9. The Hall–Kier alpha value is -1.44. The lowest BCUT2D eigenvalue weighted by molar-refractivity contribution is -0.138. The fourth-order valence-corrected chi connectivity index (χ4v) is 2.79. The molecule has 0 saturated carbocycles. The molecule has 0 spiro atoms. The van der Waals surface area contributed by atoms with Gasteiger partial charge in [0.15, 0.2) is 0 Å². The predicted molar refractivity (Wildman–Crippen MR) is 64.1 cm³/mol. The molecule has 1 heterocycles. The van der Waals surface area contributed by atoms with Gasteiger partial charge in [0.05, 0.1) is 5.37 Å². The Morgan fingerprint density at radius 3 is 2.69 bits per heavy atom. The molecule has 2 rings (SSSR count). The quantitative estimate of drug-likeness (QED) is 0.759. The van der Waals surface area contributed by atoms with Gasteiger partial charge in [0.2, 0.25) is 0 Å². The van der Waals surface area contributed by atoms with Gasteiger partial charge in [0.25, 0.3) is 0 Å². The van der Waals surface area contributed by atoms with Crippen LogP contribution in [0.3, 0.4) is 0 Å². The van der Waals surface area contributed by atoms with Crippen LogP contribution in [0.25, 0.3) is 0 Å². The molecule has 3 nitrogen and oxygen atoms in total. The van der Waals surface area contributed by atoms with Crippen LogP contribution in [0, 0.1) is 12.3 Å². The van der Waals surface area contributed by atoms with Gasteiger partial charge in [-0.3, -0.25) is 10.1 Å². The predicted octanol–water partition coefficient (Wildman–Crippen LogP) is 1.46. The Kier molecular flexibility index (Phi) is 3.18. The van der Waals surface area contributed by atoms with Crippen LogP contribution in [0.15, 0.2) is 24.3 Å². The Balaban J connectivity index is 2.09. The fraction of sp³-hybridized carbons (Fsp3) is 0.250. The van der Waals surface area contributed by atoms with Crippen LogP contribution in [0.2, 0.25) is 0 Å². The van der Waals surface area contributed by atoms with E-state index in [1.54, 1.807) is 11.8 Å². The number of carboxylic acid groups (broad SMARTS) is 1. The average Bonchev–Trinajstić information content (AvgIpc) is 2.78. The molecule has 0 aromatic heterocycles. The number of nitrogens with one attached hydrogen (secondary N) is 1. The second-order valence-electron chi connectivity index (χ2n) is 3.54. The van der Waals surface area contributed by atoms with Crippen LogP contribution in [0.4, 0.5) is 0 Å². The molecule has 82 valence electrons. The molecule has 0 aliphatic carbocycles. The summed E-state index contributed by atoms with van der Waals surface area (Å²) in [5.74, 6) is 2.35. The summed E-state index contributed by atoms with van der Waals surface area (Å²) in [5.41, 5.74) is 1.90. The highest BCUT2D eigenvalue weighted by Gasteiger charge is 2.29. The van der Waals surface area contributed by atoms with E-state index in [1.165, 1.54) is 0 Å². The molecule has 1 aliphatic rings. The lowest BCUT2D eigenvalue weighted by Crippen LogP contribution is -2.33. The number of benzene rings is 1. The Labute approximate surface area is 98.2 Å². The molecular weight excluding hydrogens is 222 g/mol. The molecule has 1 aromatic rings. The number of hydrogen-bond donors (Lipinski definition) is 2. The molecular formula is C12H11NO2S. The van der Waals surface area contributed by atoms with Crippen molar-refractivity contribution in [2.45, 2.75) is 11.4 Å². The Bertz CT molecular complexity index is 435. The van der Waals surface area contributed by atoms with Gasteiger partial charge in [-0.1, -0.05) is 18.1 Å². The van der Waals surface area contributed by atoms with Crippen molar-refractivity contribution in [1.29, 1.82) is 0 Å². The third kappa shape index (κ3) is 2.21. The van der Waals surface area contributed by atoms with Crippen molar-refractivity contribution in [1.82, 2.24) is 5.32 Å². The monoisotopic (exact) mass is 233 g/mol. The minimum atomic E-state index is -0.796. The zero-order valence-electron chi connectivity index (χ0n) is 8.51. The van der Waals surface area contributed by atoms with E-state index in [9.17, 15) is 4.79 Å². The van der Waals surface area contributed by atoms with Gasteiger partial charge in [-0.25, -0.2) is 0 Å². The summed E-state index contributed by atoms with van der Waals surface area (Å²) in [4.78, 5) is 10.8. The minimum absolute atomic E-state index is 0.0490. The van der Waals surface area contributed by atoms with Crippen molar-refractivity contribution in [3.63, 3.8) is 0 Å². The van der Waals surface area contributed by atoms with Crippen LogP contribution in [-0.2, 0) is 4.79 Å². The van der Waals surface area contributed by atoms with Crippen molar-refractivity contribution in [3.8, 4) is 12.3 Å². The van der Waals surface area contributed by atoms with Crippen LogP contribution >= 0.6 is 11.8 Å². The summed E-state index contributed by atoms with van der Waals surface area (Å²) >= 11 is 1.60. The maximum atomic E-state index is 10.8. The third-order valence-electron chi connectivity index (χ3n) is 2.46. The molecule has 2 atom stereocenters. The molecule has 2 N–H and O–H groups in total. The third-order valence-corrected chi connectivity index (χ3v) is 3.73. The van der Waals surface area contributed by atoms with E-state index in [0.29, 0.717) is 5.75 Å². The number of terminal acetylenes is 1. The first-order valence-electron chi connectivity index (χ1n) is 4.88. The van der Waals surface area contributed by atoms with Crippen LogP contribution < -0.4 is 5.32 Å². The molecule has 1 aromatic carbocycles. The van der Waals surface area contributed by atoms with E-state index < -0.39 is 12.0 Å². The van der Waals surface area contributed by atoms with E-state index in [0.717, 1.165) is 11.1 Å². The summed E-state index contributed by atoms with van der Waals surface area (Å²) in [5, 5.41) is 12.0. The standard InChI is InChI=1S/C12H11NO2S/c1-2-8-3-5-9(6-4-8)11-13-10(7-16-11)12(14)15/h1,3-6,10-11,13H,7H2,(H,14,15)/t10-,11?/m0/s1. The molecule has 4 heteroatoms. The molecule has 0 amide bonds. The molecule has 1 fully saturated rings. The highest BCUT2D eigenvalue weighted by atomic mass is 32.2. The molecule has 1 unspecified atom stereocenters. The Morgan fingerprint density at radius 1 is 1.50 bits per heavy atom. The van der Waals surface area contributed by atoms with Crippen LogP contribution in [0.5, 0.6) is 0 Å². The number of aliphatic carboxylic acids is 1. The number of thioether (sulfide) groups is 1. The highest BCUT2D eigenvalue weighted by Crippen LogP contribution is 2.32. The van der Waals surface area contributed by atoms with E-state index in [2.05, 4.69) is 11.2 Å². The fourth-order valence-electron chi connectivity index (χ4n) is 1.56. The van der Waals surface area contributed by atoms with Crippen molar-refractivity contribution in [2.24, 2.45) is 0 Å². The maximum Gasteiger partial charge on any atom is 0.321 e. The highest BCUT2D eigenvalue weighted by molar-refractivity contribution is 7.99. The van der Waals surface area contributed by atoms with Gasteiger partial charge >= 0.3 is 5.97 Å². The number of rotatable bonds is 2. The minimum Gasteiger partial charge on any atom is -0.480 e. The SMILES string of the molecule is C#Cc1ccc(C2N[C@H](C(=O)O)CS2)cc1. The number of carbonyl (C=O) groups is 1. The second kappa shape index (κ2) is 4.60. The molecule has 16 heavy (non-hydrogen) atoms. The van der Waals surface area contributed by atoms with Crippen molar-refractivity contribution in [2.75, 3.05) is 5.75 Å². The van der Waals surface area contributed by atoms with E-state index in [-0.39, 0.29) is 5.37 Å². The van der Waals surface area contributed by atoms with E-state index in [4.69, 9.17) is 11.5 Å².